The number of H-pyrrole nitrogens is 1. The highest BCUT2D eigenvalue weighted by atomic mass is 16.3. The molecule has 1 aliphatic heterocycles. The van der Waals surface area contributed by atoms with Gasteiger partial charge in [-0.05, 0) is 23.3 Å². The number of nitrogens with one attached hydrogen (secondary N) is 2. The molecule has 1 aromatic carbocycles. The van der Waals surface area contributed by atoms with Crippen molar-refractivity contribution in [1.29, 1.82) is 0 Å². The first-order chi connectivity index (χ1) is 8.24. The summed E-state index contributed by atoms with van der Waals surface area (Å²) in [6, 6.07) is 7.19. The molecule has 5 nitrogen and oxygen atoms in total. The Bertz CT molecular complexity index is 563. The molecule has 2 heterocycles. The van der Waals surface area contributed by atoms with Gasteiger partial charge >= 0.3 is 0 Å². The van der Waals surface area contributed by atoms with Crippen LogP contribution in [0.2, 0.25) is 0 Å². The van der Waals surface area contributed by atoms with E-state index in [1.165, 1.54) is 0 Å². The summed E-state index contributed by atoms with van der Waals surface area (Å²) in [4.78, 5) is 11.2. The summed E-state index contributed by atoms with van der Waals surface area (Å²) in [5.41, 5.74) is 3.15. The highest BCUT2D eigenvalue weighted by Crippen LogP contribution is 2.28. The zero-order valence-corrected chi connectivity index (χ0v) is 8.97. The van der Waals surface area contributed by atoms with Crippen molar-refractivity contribution in [1.82, 2.24) is 10.2 Å². The van der Waals surface area contributed by atoms with Crippen molar-refractivity contribution in [2.24, 2.45) is 0 Å². The fraction of sp³-hybridized carbons (Fsp3) is 0.167. The number of benzene rings is 1. The lowest BCUT2D eigenvalue weighted by Crippen LogP contribution is -2.03. The Morgan fingerprint density at radius 3 is 3.00 bits per heavy atom. The topological polar surface area (TPSA) is 78.0 Å². The first-order valence-electron chi connectivity index (χ1n) is 5.34. The van der Waals surface area contributed by atoms with Gasteiger partial charge < -0.3 is 10.4 Å². The molecule has 0 radical (unpaired) electrons. The third kappa shape index (κ3) is 1.70. The van der Waals surface area contributed by atoms with Gasteiger partial charge in [-0.3, -0.25) is 9.89 Å². The maximum Gasteiger partial charge on any atom is 0.228 e. The van der Waals surface area contributed by atoms with Crippen LogP contribution in [0.4, 0.5) is 5.69 Å². The van der Waals surface area contributed by atoms with Gasteiger partial charge in [0.25, 0.3) is 0 Å². The normalized spacial score (nSPS) is 15.5. The minimum Gasteiger partial charge on any atom is -0.382 e. The number of hydrogen-bond donors (Lipinski definition) is 3. The van der Waals surface area contributed by atoms with Crippen molar-refractivity contribution >= 4 is 11.6 Å². The summed E-state index contributed by atoms with van der Waals surface area (Å²) < 4.78 is 0. The Morgan fingerprint density at radius 1 is 1.35 bits per heavy atom. The van der Waals surface area contributed by atoms with Crippen LogP contribution in [0.1, 0.15) is 22.9 Å². The van der Waals surface area contributed by atoms with E-state index in [0.29, 0.717) is 12.1 Å². The Morgan fingerprint density at radius 2 is 2.24 bits per heavy atom. The van der Waals surface area contributed by atoms with E-state index < -0.39 is 6.10 Å². The highest BCUT2D eigenvalue weighted by Gasteiger charge is 2.20. The number of fused-ring (bicyclic) bond motifs is 1. The molecule has 17 heavy (non-hydrogen) atoms. The van der Waals surface area contributed by atoms with E-state index in [4.69, 9.17) is 0 Å². The second-order valence-corrected chi connectivity index (χ2v) is 4.06. The zero-order valence-electron chi connectivity index (χ0n) is 8.97. The van der Waals surface area contributed by atoms with Crippen molar-refractivity contribution in [3.8, 4) is 0 Å². The standard InChI is InChI=1S/C12H11N3O2/c16-11-6-8-5-7(1-2-9(8)14-11)12(17)10-3-4-13-15-10/h1-5,12,17H,6H2,(H,13,15)(H,14,16). The van der Waals surface area contributed by atoms with Crippen LogP contribution in [0, 0.1) is 0 Å². The fourth-order valence-corrected chi connectivity index (χ4v) is 2.02. The van der Waals surface area contributed by atoms with Crippen LogP contribution in [0.15, 0.2) is 30.5 Å². The molecule has 0 fully saturated rings. The molecule has 5 heteroatoms. The van der Waals surface area contributed by atoms with Gasteiger partial charge in [-0.15, -0.1) is 0 Å². The van der Waals surface area contributed by atoms with Crippen molar-refractivity contribution in [2.45, 2.75) is 12.5 Å². The summed E-state index contributed by atoms with van der Waals surface area (Å²) in [7, 11) is 0. The predicted octanol–water partition coefficient (Wildman–Crippen LogP) is 0.986. The van der Waals surface area contributed by atoms with Crippen molar-refractivity contribution < 1.29 is 9.90 Å². The molecule has 86 valence electrons. The summed E-state index contributed by atoms with van der Waals surface area (Å²) in [6.45, 7) is 0. The zero-order chi connectivity index (χ0) is 11.8. The summed E-state index contributed by atoms with van der Waals surface area (Å²) in [6.07, 6.45) is 1.23. The number of aromatic nitrogens is 2. The van der Waals surface area contributed by atoms with E-state index in [1.54, 1.807) is 18.3 Å². The van der Waals surface area contributed by atoms with Crippen LogP contribution in [0.5, 0.6) is 0 Å². The number of carbonyl (C=O) groups excluding carboxylic acids is 1. The van der Waals surface area contributed by atoms with Gasteiger partial charge in [0.2, 0.25) is 5.91 Å². The van der Waals surface area contributed by atoms with E-state index in [2.05, 4.69) is 15.5 Å². The van der Waals surface area contributed by atoms with Crippen molar-refractivity contribution in [3.63, 3.8) is 0 Å². The quantitative estimate of drug-likeness (QED) is 0.718. The maximum absolute atomic E-state index is 11.2. The SMILES string of the molecule is O=C1Cc2cc(C(O)c3ccn[nH]3)ccc2N1. The van der Waals surface area contributed by atoms with Gasteiger partial charge in [0.1, 0.15) is 6.10 Å². The van der Waals surface area contributed by atoms with E-state index in [-0.39, 0.29) is 5.91 Å². The molecule has 0 aliphatic carbocycles. The van der Waals surface area contributed by atoms with E-state index >= 15 is 0 Å². The van der Waals surface area contributed by atoms with Crippen LogP contribution in [0.25, 0.3) is 0 Å². The van der Waals surface area contributed by atoms with E-state index in [1.807, 2.05) is 12.1 Å². The molecule has 0 spiro atoms. The van der Waals surface area contributed by atoms with Gasteiger partial charge in [0.05, 0.1) is 12.1 Å². The lowest BCUT2D eigenvalue weighted by Gasteiger charge is -2.10. The minimum absolute atomic E-state index is 0.00631. The fourth-order valence-electron chi connectivity index (χ4n) is 2.02. The number of aliphatic hydroxyl groups is 1. The van der Waals surface area contributed by atoms with E-state index in [9.17, 15) is 9.90 Å². The predicted molar refractivity (Wildman–Crippen MR) is 61.4 cm³/mol. The van der Waals surface area contributed by atoms with Crippen LogP contribution >= 0.6 is 0 Å². The molecule has 2 aromatic rings. The molecule has 0 saturated heterocycles. The average molecular weight is 229 g/mol. The number of anilines is 1. The number of carbonyl (C=O) groups is 1. The summed E-state index contributed by atoms with van der Waals surface area (Å²) >= 11 is 0. The van der Waals surface area contributed by atoms with Crippen molar-refractivity contribution in [3.05, 3.63) is 47.3 Å². The third-order valence-corrected chi connectivity index (χ3v) is 2.89. The molecule has 1 unspecified atom stereocenters. The van der Waals surface area contributed by atoms with Gasteiger partial charge in [0.15, 0.2) is 0 Å². The molecule has 1 amide bonds. The minimum atomic E-state index is -0.737. The second-order valence-electron chi connectivity index (χ2n) is 4.06. The lowest BCUT2D eigenvalue weighted by molar-refractivity contribution is -0.115. The van der Waals surface area contributed by atoms with Crippen molar-refractivity contribution in [2.75, 3.05) is 5.32 Å². The molecule has 3 N–H and O–H groups in total. The largest absolute Gasteiger partial charge is 0.382 e. The Kier molecular flexibility index (Phi) is 2.19. The average Bonchev–Trinajstić information content (AvgIpc) is 2.94. The number of rotatable bonds is 2. The first kappa shape index (κ1) is 10.0. The Hall–Kier alpha value is -2.14. The van der Waals surface area contributed by atoms with Gasteiger partial charge in [-0.25, -0.2) is 0 Å². The Balaban J connectivity index is 1.95. The van der Waals surface area contributed by atoms with Gasteiger partial charge in [-0.2, -0.15) is 5.10 Å². The second kappa shape index (κ2) is 3.71. The molecule has 0 saturated carbocycles. The van der Waals surface area contributed by atoms with Crippen LogP contribution in [-0.4, -0.2) is 21.2 Å². The number of aliphatic hydroxyl groups excluding tert-OH is 1. The number of aromatic amines is 1. The number of nitrogens with zero attached hydrogens (tertiary/aromatic N) is 1. The molecule has 1 aliphatic rings. The Labute approximate surface area is 97.5 Å². The first-order valence-corrected chi connectivity index (χ1v) is 5.34. The van der Waals surface area contributed by atoms with Gasteiger partial charge in [-0.1, -0.05) is 12.1 Å². The van der Waals surface area contributed by atoms with Crippen LogP contribution in [-0.2, 0) is 11.2 Å². The molecule has 1 aromatic heterocycles. The molecule has 1 atom stereocenters. The maximum atomic E-state index is 11.2. The summed E-state index contributed by atoms with van der Waals surface area (Å²) in [5.74, 6) is -0.00631. The summed E-state index contributed by atoms with van der Waals surface area (Å²) in [5, 5.41) is 19.4. The molecule has 3 rings (SSSR count). The monoisotopic (exact) mass is 229 g/mol. The van der Waals surface area contributed by atoms with Gasteiger partial charge in [0, 0.05) is 11.9 Å². The lowest BCUT2D eigenvalue weighted by atomic mass is 10.0. The molecular weight excluding hydrogens is 218 g/mol. The molecular formula is C12H11N3O2. The van der Waals surface area contributed by atoms with E-state index in [0.717, 1.165) is 16.8 Å². The third-order valence-electron chi connectivity index (χ3n) is 2.89. The molecule has 0 bridgehead atoms. The number of amides is 1. The highest BCUT2D eigenvalue weighted by molar-refractivity contribution is 5.99. The van der Waals surface area contributed by atoms with Crippen LogP contribution in [0.3, 0.4) is 0 Å². The number of hydrogen-bond acceptors (Lipinski definition) is 3. The smallest absolute Gasteiger partial charge is 0.228 e. The van der Waals surface area contributed by atoms with Crippen LogP contribution < -0.4 is 5.32 Å².